The van der Waals surface area contributed by atoms with Crippen LogP contribution in [-0.2, 0) is 4.74 Å². The molecule has 3 heteroatoms. The van der Waals surface area contributed by atoms with Crippen LogP contribution in [0.3, 0.4) is 0 Å². The van der Waals surface area contributed by atoms with Gasteiger partial charge >= 0.3 is 0 Å². The third kappa shape index (κ3) is 3.45. The van der Waals surface area contributed by atoms with E-state index in [-0.39, 0.29) is 0 Å². The molecule has 0 amide bonds. The fraction of sp³-hybridized carbons (Fsp3) is 1.00. The lowest BCUT2D eigenvalue weighted by Crippen LogP contribution is -2.95. The van der Waals surface area contributed by atoms with Crippen LogP contribution >= 0.6 is 11.8 Å². The number of thioether (sulfide) groups is 1. The van der Waals surface area contributed by atoms with Crippen molar-refractivity contribution >= 4 is 11.8 Å². The van der Waals surface area contributed by atoms with Crippen LogP contribution in [0.1, 0.15) is 13.3 Å². The van der Waals surface area contributed by atoms with Crippen molar-refractivity contribution in [2.75, 3.05) is 25.2 Å². The van der Waals surface area contributed by atoms with E-state index in [2.05, 4.69) is 24.0 Å². The maximum atomic E-state index is 5.08. The molecule has 0 aromatic heterocycles. The summed E-state index contributed by atoms with van der Waals surface area (Å²) in [6, 6.07) is 1.48. The Morgan fingerprint density at radius 2 is 2.55 bits per heavy atom. The first-order chi connectivity index (χ1) is 5.33. The van der Waals surface area contributed by atoms with Crippen molar-refractivity contribution in [1.82, 2.24) is 0 Å². The van der Waals surface area contributed by atoms with Gasteiger partial charge in [0.15, 0.2) is 0 Å². The van der Waals surface area contributed by atoms with Crippen LogP contribution in [0.4, 0.5) is 0 Å². The van der Waals surface area contributed by atoms with E-state index >= 15 is 0 Å². The van der Waals surface area contributed by atoms with Gasteiger partial charge in [-0.1, -0.05) is 0 Å². The minimum absolute atomic E-state index is 0.628. The predicted molar refractivity (Wildman–Crippen MR) is 49.0 cm³/mol. The normalized spacial score (nSPS) is 27.3. The molecular weight excluding hydrogens is 158 g/mol. The van der Waals surface area contributed by atoms with Gasteiger partial charge in [-0.2, -0.15) is 11.8 Å². The Bertz CT molecular complexity index is 104. The first-order valence-corrected chi connectivity index (χ1v) is 5.40. The minimum Gasteiger partial charge on any atom is -0.379 e. The standard InChI is InChI=1S/C8H17NOS/c1-7(5-10-2)9-8-3-4-11-6-8/h7-9H,3-6H2,1-2H3/p+1/t7-,8-/m0/s1. The van der Waals surface area contributed by atoms with Crippen molar-refractivity contribution in [3.05, 3.63) is 0 Å². The van der Waals surface area contributed by atoms with Gasteiger partial charge in [-0.25, -0.2) is 0 Å². The minimum atomic E-state index is 0.628. The maximum absolute atomic E-state index is 5.08. The molecule has 0 aromatic carbocycles. The smallest absolute Gasteiger partial charge is 0.107 e. The van der Waals surface area contributed by atoms with Crippen molar-refractivity contribution in [3.63, 3.8) is 0 Å². The Balaban J connectivity index is 2.08. The molecule has 1 rings (SSSR count). The van der Waals surface area contributed by atoms with Crippen molar-refractivity contribution in [1.29, 1.82) is 0 Å². The van der Waals surface area contributed by atoms with Crippen LogP contribution in [-0.4, -0.2) is 37.3 Å². The van der Waals surface area contributed by atoms with Gasteiger partial charge in [0.1, 0.15) is 6.04 Å². The number of quaternary nitrogens is 1. The number of rotatable bonds is 4. The third-order valence-corrected chi connectivity index (χ3v) is 3.18. The molecule has 1 aliphatic heterocycles. The first-order valence-electron chi connectivity index (χ1n) is 4.24. The molecule has 0 aromatic rings. The summed E-state index contributed by atoms with van der Waals surface area (Å²) in [7, 11) is 1.77. The van der Waals surface area contributed by atoms with Crippen molar-refractivity contribution < 1.29 is 10.1 Å². The molecule has 66 valence electrons. The lowest BCUT2D eigenvalue weighted by Gasteiger charge is -2.13. The second-order valence-electron chi connectivity index (χ2n) is 3.25. The molecule has 1 aliphatic rings. The second-order valence-corrected chi connectivity index (χ2v) is 4.40. The van der Waals surface area contributed by atoms with Gasteiger partial charge in [-0.05, 0) is 12.7 Å². The maximum Gasteiger partial charge on any atom is 0.107 e. The molecule has 0 aliphatic carbocycles. The zero-order valence-electron chi connectivity index (χ0n) is 7.38. The zero-order chi connectivity index (χ0) is 8.10. The number of methoxy groups -OCH3 is 1. The first kappa shape index (κ1) is 9.36. The summed E-state index contributed by atoms with van der Waals surface area (Å²) >= 11 is 2.07. The highest BCUT2D eigenvalue weighted by atomic mass is 32.2. The Hall–Kier alpha value is 0.270. The summed E-state index contributed by atoms with van der Waals surface area (Å²) in [5.41, 5.74) is 0. The highest BCUT2D eigenvalue weighted by Crippen LogP contribution is 2.14. The van der Waals surface area contributed by atoms with E-state index in [4.69, 9.17) is 4.74 Å². The Morgan fingerprint density at radius 3 is 3.09 bits per heavy atom. The number of ether oxygens (including phenoxy) is 1. The predicted octanol–water partition coefficient (Wildman–Crippen LogP) is 0.0902. The van der Waals surface area contributed by atoms with Crippen LogP contribution in [0, 0.1) is 0 Å². The highest BCUT2D eigenvalue weighted by molar-refractivity contribution is 7.99. The number of nitrogens with two attached hydrogens (primary N) is 1. The number of hydrogen-bond donors (Lipinski definition) is 1. The largest absolute Gasteiger partial charge is 0.379 e. The van der Waals surface area contributed by atoms with Crippen LogP contribution in [0.5, 0.6) is 0 Å². The summed E-state index contributed by atoms with van der Waals surface area (Å²) in [6.07, 6.45) is 1.37. The van der Waals surface area contributed by atoms with E-state index in [1.54, 1.807) is 7.11 Å². The van der Waals surface area contributed by atoms with E-state index in [1.807, 2.05) is 0 Å². The molecule has 0 spiro atoms. The fourth-order valence-corrected chi connectivity index (χ4v) is 2.70. The summed E-state index contributed by atoms with van der Waals surface area (Å²) in [4.78, 5) is 0. The van der Waals surface area contributed by atoms with Crippen molar-refractivity contribution in [2.45, 2.75) is 25.4 Å². The summed E-state index contributed by atoms with van der Waals surface area (Å²) in [5.74, 6) is 2.68. The van der Waals surface area contributed by atoms with Crippen LogP contribution in [0.25, 0.3) is 0 Å². The Labute approximate surface area is 73.1 Å². The van der Waals surface area contributed by atoms with Crippen LogP contribution < -0.4 is 5.32 Å². The van der Waals surface area contributed by atoms with Crippen molar-refractivity contribution in [3.8, 4) is 0 Å². The van der Waals surface area contributed by atoms with Gasteiger partial charge < -0.3 is 10.1 Å². The van der Waals surface area contributed by atoms with Gasteiger partial charge in [0.2, 0.25) is 0 Å². The monoisotopic (exact) mass is 176 g/mol. The quantitative estimate of drug-likeness (QED) is 0.657. The van der Waals surface area contributed by atoms with Crippen LogP contribution in [0.15, 0.2) is 0 Å². The van der Waals surface area contributed by atoms with E-state index in [0.29, 0.717) is 6.04 Å². The van der Waals surface area contributed by atoms with E-state index < -0.39 is 0 Å². The highest BCUT2D eigenvalue weighted by Gasteiger charge is 2.20. The molecule has 1 saturated heterocycles. The molecule has 11 heavy (non-hydrogen) atoms. The summed E-state index contributed by atoms with van der Waals surface area (Å²) in [6.45, 7) is 3.10. The molecular formula is C8H18NOS+. The van der Waals surface area contributed by atoms with Gasteiger partial charge in [0.05, 0.1) is 12.6 Å². The molecule has 1 heterocycles. The molecule has 1 fully saturated rings. The van der Waals surface area contributed by atoms with E-state index in [1.165, 1.54) is 17.9 Å². The van der Waals surface area contributed by atoms with Gasteiger partial charge in [0, 0.05) is 19.3 Å². The summed E-state index contributed by atoms with van der Waals surface area (Å²) < 4.78 is 5.08. The zero-order valence-corrected chi connectivity index (χ0v) is 8.19. The molecule has 2 nitrogen and oxygen atoms in total. The average Bonchev–Trinajstić information content (AvgIpc) is 2.40. The average molecular weight is 176 g/mol. The van der Waals surface area contributed by atoms with Gasteiger partial charge in [0.25, 0.3) is 0 Å². The van der Waals surface area contributed by atoms with Gasteiger partial charge in [-0.15, -0.1) is 0 Å². The molecule has 0 bridgehead atoms. The fourth-order valence-electron chi connectivity index (χ4n) is 1.49. The third-order valence-electron chi connectivity index (χ3n) is 2.00. The molecule has 2 N–H and O–H groups in total. The lowest BCUT2D eigenvalue weighted by molar-refractivity contribution is -0.715. The SMILES string of the molecule is COC[C@H](C)[NH2+][C@H]1CCSC1. The summed E-state index contributed by atoms with van der Waals surface area (Å²) in [5, 5.41) is 2.45. The molecule has 0 unspecified atom stereocenters. The van der Waals surface area contributed by atoms with Crippen molar-refractivity contribution in [2.24, 2.45) is 0 Å². The molecule has 0 saturated carbocycles. The lowest BCUT2D eigenvalue weighted by atomic mass is 10.2. The topological polar surface area (TPSA) is 25.8 Å². The van der Waals surface area contributed by atoms with E-state index in [0.717, 1.165) is 12.6 Å². The molecule has 2 atom stereocenters. The van der Waals surface area contributed by atoms with Gasteiger partial charge in [-0.3, -0.25) is 0 Å². The Morgan fingerprint density at radius 1 is 1.73 bits per heavy atom. The van der Waals surface area contributed by atoms with E-state index in [9.17, 15) is 0 Å². The molecule has 0 radical (unpaired) electrons. The second kappa shape index (κ2) is 5.01. The number of hydrogen-bond acceptors (Lipinski definition) is 2. The van der Waals surface area contributed by atoms with Crippen LogP contribution in [0.2, 0.25) is 0 Å². The Kier molecular flexibility index (Phi) is 4.26.